The summed E-state index contributed by atoms with van der Waals surface area (Å²) in [7, 11) is 0. The Balaban J connectivity index is 1.91. The number of hydrogen-bond acceptors (Lipinski definition) is 3. The van der Waals surface area contributed by atoms with Crippen molar-refractivity contribution in [3.8, 4) is 11.8 Å². The first-order valence-corrected chi connectivity index (χ1v) is 7.55. The number of hydrogen-bond donors (Lipinski definition) is 2. The highest BCUT2D eigenvalue weighted by molar-refractivity contribution is 7.14. The predicted octanol–water partition coefficient (Wildman–Crippen LogP) is 2.63. The molecule has 21 heavy (non-hydrogen) atoms. The standard InChI is InChI=1S/C17H17NO2S/c1-13(14-6-3-2-4-7-14)12-18-17(20)16-10-9-15(21-16)8-5-11-19/h2-4,6-7,9-10,13,19H,11-12H2,1H3,(H,18,20). The van der Waals surface area contributed by atoms with Gasteiger partial charge in [0.2, 0.25) is 0 Å². The Morgan fingerprint density at radius 3 is 2.76 bits per heavy atom. The van der Waals surface area contributed by atoms with Gasteiger partial charge in [-0.2, -0.15) is 0 Å². The fourth-order valence-corrected chi connectivity index (χ4v) is 2.68. The molecule has 2 N–H and O–H groups in total. The monoisotopic (exact) mass is 299 g/mol. The van der Waals surface area contributed by atoms with Gasteiger partial charge in [-0.1, -0.05) is 49.1 Å². The lowest BCUT2D eigenvalue weighted by atomic mass is 10.0. The van der Waals surface area contributed by atoms with Crippen LogP contribution in [0.1, 0.15) is 33.0 Å². The van der Waals surface area contributed by atoms with Gasteiger partial charge < -0.3 is 10.4 Å². The zero-order valence-corrected chi connectivity index (χ0v) is 12.6. The molecule has 4 heteroatoms. The molecule has 0 aliphatic rings. The first kappa shape index (κ1) is 15.3. The third kappa shape index (κ3) is 4.45. The minimum absolute atomic E-state index is 0.0835. The molecule has 1 unspecified atom stereocenters. The number of benzene rings is 1. The molecule has 3 nitrogen and oxygen atoms in total. The van der Waals surface area contributed by atoms with E-state index in [1.54, 1.807) is 12.1 Å². The molecule has 0 radical (unpaired) electrons. The van der Waals surface area contributed by atoms with Crippen LogP contribution in [-0.2, 0) is 0 Å². The molecule has 2 aromatic rings. The summed E-state index contributed by atoms with van der Waals surface area (Å²) in [5.41, 5.74) is 1.21. The molecule has 0 saturated heterocycles. The molecule has 0 aliphatic heterocycles. The lowest BCUT2D eigenvalue weighted by Crippen LogP contribution is -2.26. The Morgan fingerprint density at radius 1 is 1.29 bits per heavy atom. The Bertz CT molecular complexity index is 652. The molecule has 1 amide bonds. The zero-order chi connectivity index (χ0) is 15.1. The highest BCUT2D eigenvalue weighted by atomic mass is 32.1. The van der Waals surface area contributed by atoms with E-state index in [1.165, 1.54) is 16.9 Å². The SMILES string of the molecule is CC(CNC(=O)c1ccc(C#CCO)s1)c1ccccc1. The second-order valence-corrected chi connectivity index (χ2v) is 5.73. The molecule has 0 aliphatic carbocycles. The maximum atomic E-state index is 12.1. The van der Waals surface area contributed by atoms with E-state index in [4.69, 9.17) is 5.11 Å². The quantitative estimate of drug-likeness (QED) is 0.853. The number of nitrogens with one attached hydrogen (secondary N) is 1. The maximum absolute atomic E-state index is 12.1. The van der Waals surface area contributed by atoms with Gasteiger partial charge in [0.15, 0.2) is 0 Å². The molecule has 1 heterocycles. The molecular weight excluding hydrogens is 282 g/mol. The summed E-state index contributed by atoms with van der Waals surface area (Å²) in [5, 5.41) is 11.6. The lowest BCUT2D eigenvalue weighted by molar-refractivity contribution is 0.0955. The number of thiophene rings is 1. The normalized spacial score (nSPS) is 11.3. The molecule has 1 aromatic carbocycles. The van der Waals surface area contributed by atoms with Crippen LogP contribution in [-0.4, -0.2) is 24.2 Å². The van der Waals surface area contributed by atoms with Gasteiger partial charge in [0, 0.05) is 6.54 Å². The molecule has 0 spiro atoms. The smallest absolute Gasteiger partial charge is 0.261 e. The van der Waals surface area contributed by atoms with Crippen molar-refractivity contribution in [2.24, 2.45) is 0 Å². The van der Waals surface area contributed by atoms with Gasteiger partial charge >= 0.3 is 0 Å². The fourth-order valence-electron chi connectivity index (χ4n) is 1.89. The van der Waals surface area contributed by atoms with E-state index >= 15 is 0 Å². The molecule has 2 rings (SSSR count). The van der Waals surface area contributed by atoms with Gasteiger partial charge in [-0.15, -0.1) is 11.3 Å². The number of amides is 1. The van der Waals surface area contributed by atoms with Crippen molar-refractivity contribution in [3.63, 3.8) is 0 Å². The second kappa shape index (κ2) is 7.63. The second-order valence-electron chi connectivity index (χ2n) is 4.65. The highest BCUT2D eigenvalue weighted by Crippen LogP contribution is 2.16. The van der Waals surface area contributed by atoms with E-state index in [2.05, 4.69) is 36.2 Å². The Kier molecular flexibility index (Phi) is 5.56. The molecule has 0 bridgehead atoms. The van der Waals surface area contributed by atoms with Gasteiger partial charge in [0.05, 0.1) is 9.75 Å². The van der Waals surface area contributed by atoms with Crippen LogP contribution in [0.2, 0.25) is 0 Å². The van der Waals surface area contributed by atoms with Crippen LogP contribution in [0.5, 0.6) is 0 Å². The summed E-state index contributed by atoms with van der Waals surface area (Å²) in [6.07, 6.45) is 0. The summed E-state index contributed by atoms with van der Waals surface area (Å²) >= 11 is 1.33. The van der Waals surface area contributed by atoms with Gasteiger partial charge in [0.1, 0.15) is 6.61 Å². The predicted molar refractivity (Wildman–Crippen MR) is 85.5 cm³/mol. The Morgan fingerprint density at radius 2 is 2.05 bits per heavy atom. The summed E-state index contributed by atoms with van der Waals surface area (Å²) in [5.74, 6) is 5.56. The number of aliphatic hydroxyl groups is 1. The van der Waals surface area contributed by atoms with Gasteiger partial charge in [0.25, 0.3) is 5.91 Å². The Hall–Kier alpha value is -2.09. The Labute approximate surface area is 128 Å². The van der Waals surface area contributed by atoms with Crippen molar-refractivity contribution in [1.82, 2.24) is 5.32 Å². The molecule has 0 fully saturated rings. The van der Waals surface area contributed by atoms with Crippen molar-refractivity contribution < 1.29 is 9.90 Å². The van der Waals surface area contributed by atoms with Crippen LogP contribution in [0.15, 0.2) is 42.5 Å². The topological polar surface area (TPSA) is 49.3 Å². The van der Waals surface area contributed by atoms with E-state index in [0.29, 0.717) is 11.4 Å². The van der Waals surface area contributed by atoms with E-state index in [-0.39, 0.29) is 18.4 Å². The fraction of sp³-hybridized carbons (Fsp3) is 0.235. The first-order valence-electron chi connectivity index (χ1n) is 6.73. The number of carbonyl (C=O) groups is 1. The van der Waals surface area contributed by atoms with Crippen LogP contribution in [0, 0.1) is 11.8 Å². The molecular formula is C17H17NO2S. The van der Waals surface area contributed by atoms with E-state index in [1.807, 2.05) is 18.2 Å². The van der Waals surface area contributed by atoms with E-state index < -0.39 is 0 Å². The maximum Gasteiger partial charge on any atom is 0.261 e. The number of carbonyl (C=O) groups excluding carboxylic acids is 1. The third-order valence-electron chi connectivity index (χ3n) is 3.06. The van der Waals surface area contributed by atoms with Gasteiger partial charge in [-0.25, -0.2) is 0 Å². The van der Waals surface area contributed by atoms with Crippen LogP contribution in [0.3, 0.4) is 0 Å². The van der Waals surface area contributed by atoms with Crippen molar-refractivity contribution in [2.45, 2.75) is 12.8 Å². The average molecular weight is 299 g/mol. The minimum atomic E-state index is -0.173. The van der Waals surface area contributed by atoms with Crippen molar-refractivity contribution >= 4 is 17.2 Å². The van der Waals surface area contributed by atoms with Crippen molar-refractivity contribution in [3.05, 3.63) is 57.8 Å². The summed E-state index contributed by atoms with van der Waals surface area (Å²) in [4.78, 5) is 13.5. The lowest BCUT2D eigenvalue weighted by Gasteiger charge is -2.12. The zero-order valence-electron chi connectivity index (χ0n) is 11.8. The number of aliphatic hydroxyl groups excluding tert-OH is 1. The molecule has 1 aromatic heterocycles. The third-order valence-corrected chi connectivity index (χ3v) is 4.06. The first-order chi connectivity index (χ1) is 10.2. The molecule has 1 atom stereocenters. The van der Waals surface area contributed by atoms with Crippen molar-refractivity contribution in [2.75, 3.05) is 13.2 Å². The number of rotatable bonds is 4. The average Bonchev–Trinajstić information content (AvgIpc) is 3.00. The molecule has 0 saturated carbocycles. The van der Waals surface area contributed by atoms with Crippen LogP contribution < -0.4 is 5.32 Å². The highest BCUT2D eigenvalue weighted by Gasteiger charge is 2.11. The largest absolute Gasteiger partial charge is 0.384 e. The van der Waals surface area contributed by atoms with Gasteiger partial charge in [-0.3, -0.25) is 4.79 Å². The summed E-state index contributed by atoms with van der Waals surface area (Å²) < 4.78 is 0. The summed E-state index contributed by atoms with van der Waals surface area (Å²) in [6, 6.07) is 13.7. The molecule has 108 valence electrons. The van der Waals surface area contributed by atoms with Crippen LogP contribution >= 0.6 is 11.3 Å². The van der Waals surface area contributed by atoms with Crippen LogP contribution in [0.4, 0.5) is 0 Å². The van der Waals surface area contributed by atoms with Crippen LogP contribution in [0.25, 0.3) is 0 Å². The minimum Gasteiger partial charge on any atom is -0.384 e. The summed E-state index contributed by atoms with van der Waals surface area (Å²) in [6.45, 7) is 2.51. The van der Waals surface area contributed by atoms with E-state index in [0.717, 1.165) is 4.88 Å². The van der Waals surface area contributed by atoms with E-state index in [9.17, 15) is 4.79 Å². The van der Waals surface area contributed by atoms with Gasteiger partial charge in [-0.05, 0) is 23.6 Å². The van der Waals surface area contributed by atoms with Crippen molar-refractivity contribution in [1.29, 1.82) is 0 Å².